The number of Topliss-reactive ketones (excluding diaryl/α,β-unsaturated/α-hetero) is 5. The Kier molecular flexibility index (Phi) is 30.7. The molecule has 0 aromatic heterocycles. The minimum atomic E-state index is -0.559. The minimum absolute atomic E-state index is 0.00218. The van der Waals surface area contributed by atoms with Crippen LogP contribution >= 0.6 is 11.6 Å². The fraction of sp³-hybridized carbons (Fsp3) is 0.444. The Labute approximate surface area is 652 Å². The van der Waals surface area contributed by atoms with Crippen LogP contribution in [0, 0.1) is 13.8 Å². The molecule has 8 aliphatic rings. The van der Waals surface area contributed by atoms with E-state index in [1.54, 1.807) is 70.1 Å². The molecule has 3 aliphatic carbocycles. The molecule has 1 unspecified atom stereocenters. The summed E-state index contributed by atoms with van der Waals surface area (Å²) in [4.78, 5) is 130. The Hall–Kier alpha value is -9.69. The summed E-state index contributed by atoms with van der Waals surface area (Å²) in [6.45, 7) is 14.6. The molecule has 1 saturated heterocycles. The fourth-order valence-electron chi connectivity index (χ4n) is 15.3. The number of nitrogens with zero attached hydrogens (tertiary/aromatic N) is 4. The van der Waals surface area contributed by atoms with Crippen LogP contribution in [-0.4, -0.2) is 135 Å². The number of ether oxygens (including phenoxy) is 5. The van der Waals surface area contributed by atoms with Gasteiger partial charge in [-0.2, -0.15) is 0 Å². The van der Waals surface area contributed by atoms with E-state index in [1.165, 1.54) is 24.8 Å². The normalized spacial score (nSPS) is 19.5. The number of halogens is 1. The van der Waals surface area contributed by atoms with Gasteiger partial charge in [0.15, 0.2) is 23.1 Å². The molecule has 6 aromatic rings. The van der Waals surface area contributed by atoms with E-state index in [0.717, 1.165) is 139 Å². The SMILES string of the molecule is C1CCOCC1.CCC[C@@H](C(C)=O)N1Cc2c(C)cccc2C1=O.COC(C)c1ccc(COc2cccc3c2CN([C@H]2CCCCCC2=O)C3=O)cc1.Cc1ccc(COc2cccc3c2CN([C@H]2CCCCCC2=O)C3=O)cc1.O=C/C(=C/C=C/COc1cccc2c1CN([C@H]1CCCC(=O)CC1=O)C2=O)CCl. The Morgan fingerprint density at radius 3 is 1.47 bits per heavy atom. The second-order valence-electron chi connectivity index (χ2n) is 29.4. The van der Waals surface area contributed by atoms with Gasteiger partial charge in [0.25, 0.3) is 23.6 Å². The van der Waals surface area contributed by atoms with Gasteiger partial charge in [-0.1, -0.05) is 136 Å². The highest BCUT2D eigenvalue weighted by Gasteiger charge is 2.42. The highest BCUT2D eigenvalue weighted by Crippen LogP contribution is 2.39. The van der Waals surface area contributed by atoms with Gasteiger partial charge in [0.1, 0.15) is 49.1 Å². The average molecular weight is 1520 g/mol. The molecule has 5 heterocycles. The molecule has 5 atom stereocenters. The van der Waals surface area contributed by atoms with Crippen LogP contribution in [-0.2, 0) is 77.6 Å². The van der Waals surface area contributed by atoms with Crippen molar-refractivity contribution in [3.63, 3.8) is 0 Å². The largest absolute Gasteiger partial charge is 0.489 e. The van der Waals surface area contributed by atoms with Crippen LogP contribution in [0.2, 0.25) is 0 Å². The molecule has 14 rings (SSSR count). The van der Waals surface area contributed by atoms with Crippen molar-refractivity contribution < 1.29 is 71.6 Å². The molecule has 3 saturated carbocycles. The monoisotopic (exact) mass is 1520 g/mol. The second kappa shape index (κ2) is 40.8. The van der Waals surface area contributed by atoms with E-state index in [2.05, 4.69) is 31.2 Å². The average Bonchev–Trinajstić information content (AvgIpc) is 1.65. The maximum absolute atomic E-state index is 13.0. The van der Waals surface area contributed by atoms with Crippen molar-refractivity contribution in [1.82, 2.24) is 19.6 Å². The summed E-state index contributed by atoms with van der Waals surface area (Å²) in [6, 6.07) is 37.3. The van der Waals surface area contributed by atoms with Crippen LogP contribution < -0.4 is 14.2 Å². The van der Waals surface area contributed by atoms with Crippen molar-refractivity contribution in [2.24, 2.45) is 0 Å². The number of rotatable bonds is 21. The first-order valence-electron chi connectivity index (χ1n) is 39.1. The van der Waals surface area contributed by atoms with Crippen molar-refractivity contribution in [3.8, 4) is 17.2 Å². The van der Waals surface area contributed by atoms with Gasteiger partial charge in [0.2, 0.25) is 0 Å². The summed E-state index contributed by atoms with van der Waals surface area (Å²) < 4.78 is 28.4. The van der Waals surface area contributed by atoms with Gasteiger partial charge in [-0.15, -0.1) is 11.6 Å². The van der Waals surface area contributed by atoms with Crippen LogP contribution in [0.25, 0.3) is 0 Å². The van der Waals surface area contributed by atoms with E-state index in [1.807, 2.05) is 99.6 Å². The zero-order valence-corrected chi connectivity index (χ0v) is 65.3. The van der Waals surface area contributed by atoms with Gasteiger partial charge in [0, 0.05) is 90.6 Å². The van der Waals surface area contributed by atoms with Gasteiger partial charge >= 0.3 is 0 Å². The number of amides is 4. The molecule has 0 bridgehead atoms. The van der Waals surface area contributed by atoms with E-state index in [4.69, 9.17) is 35.3 Å². The summed E-state index contributed by atoms with van der Waals surface area (Å²) in [6.07, 6.45) is 21.5. The van der Waals surface area contributed by atoms with Crippen LogP contribution in [0.3, 0.4) is 0 Å². The summed E-state index contributed by atoms with van der Waals surface area (Å²) in [7, 11) is 1.70. The first kappa shape index (κ1) is 82.8. The molecule has 5 aliphatic heterocycles. The fourth-order valence-corrected chi connectivity index (χ4v) is 15.4. The number of carbonyl (C=O) groups is 10. The lowest BCUT2D eigenvalue weighted by atomic mass is 10.1. The number of methoxy groups -OCH3 is 1. The van der Waals surface area contributed by atoms with Crippen molar-refractivity contribution in [3.05, 3.63) is 217 Å². The van der Waals surface area contributed by atoms with Gasteiger partial charge in [-0.05, 0) is 168 Å². The summed E-state index contributed by atoms with van der Waals surface area (Å²) in [5, 5.41) is 0. The van der Waals surface area contributed by atoms with Crippen molar-refractivity contribution in [1.29, 1.82) is 0 Å². The maximum atomic E-state index is 13.0. The topological polar surface area (TPSA) is 230 Å². The molecule has 19 nitrogen and oxygen atoms in total. The molecule has 582 valence electrons. The number of hydrogen-bond donors (Lipinski definition) is 0. The number of ketones is 5. The van der Waals surface area contributed by atoms with Crippen LogP contribution in [0.4, 0.5) is 0 Å². The summed E-state index contributed by atoms with van der Waals surface area (Å²) >= 11 is 5.62. The molecule has 20 heteroatoms. The molecule has 4 fully saturated rings. The third kappa shape index (κ3) is 21.2. The smallest absolute Gasteiger partial charge is 0.255 e. The zero-order valence-electron chi connectivity index (χ0n) is 64.5. The number of fused-ring (bicyclic) bond motifs is 4. The number of alkyl halides is 1. The number of aryl methyl sites for hydroxylation is 2. The van der Waals surface area contributed by atoms with Crippen LogP contribution in [0.15, 0.2) is 145 Å². The molecule has 0 radical (unpaired) electrons. The molecule has 0 spiro atoms. The zero-order chi connectivity index (χ0) is 78.2. The molecule has 110 heavy (non-hydrogen) atoms. The summed E-state index contributed by atoms with van der Waals surface area (Å²) in [5.74, 6) is 2.14. The third-order valence-corrected chi connectivity index (χ3v) is 22.0. The molecular formula is C90H105ClN4O15. The first-order chi connectivity index (χ1) is 53.3. The van der Waals surface area contributed by atoms with Crippen LogP contribution in [0.1, 0.15) is 240 Å². The highest BCUT2D eigenvalue weighted by atomic mass is 35.5. The number of hydrogen-bond acceptors (Lipinski definition) is 15. The Bertz CT molecular complexity index is 4320. The predicted molar refractivity (Wildman–Crippen MR) is 421 cm³/mol. The lowest BCUT2D eigenvalue weighted by Crippen LogP contribution is -2.41. The van der Waals surface area contributed by atoms with Gasteiger partial charge in [-0.3, -0.25) is 47.9 Å². The Morgan fingerprint density at radius 1 is 0.545 bits per heavy atom. The highest BCUT2D eigenvalue weighted by molar-refractivity contribution is 6.21. The molecule has 4 amide bonds. The third-order valence-electron chi connectivity index (χ3n) is 21.7. The number of benzene rings is 6. The Balaban J connectivity index is 0.000000154. The standard InChI is InChI=1S/C25H29NO4.C23H25NO3.C22H22ClNO5.C15H19NO2.C5H10O/c1-17(29-2)19-13-11-18(12-14-19)16-30-24-10-6-7-20-21(24)15-26(25(20)28)22-8-4-3-5-9-23(22)27;1-16-10-12-17(13-11-16)15-27-22-9-5-6-18-19(22)14-24(23(18)26)20-7-3-2-4-8-21(20)25;23-12-15(14-25)5-1-2-10-29-21-9-4-7-17-18(21)13-24(22(17)28)19-8-3-6-16(26)11-20(19)27;1-4-6-14(11(3)17)16-9-13-10(2)7-5-8-12(13)15(16)18;1-2-4-6-5-3-1/h6-7,10-14,17,22H,3-5,8-9,15-16H2,1-2H3;5-6,9-13,20H,2-4,7-8,14-15H2,1H3;1-2,4-5,7,9,14,19H,3,6,8,10-13H2;5,7-8,14H,4,6,9H2,1-3H3;1-5H2/b;;2-1+,15-5+;;/t17?,22-;20-;19-;14-;/m0000./s1. The number of allylic oxidation sites excluding steroid dienone is 3. The quantitative estimate of drug-likeness (QED) is 0.0163. The van der Waals surface area contributed by atoms with E-state index >= 15 is 0 Å². The van der Waals surface area contributed by atoms with Crippen molar-refractivity contribution in [2.75, 3.05) is 32.8 Å². The van der Waals surface area contributed by atoms with Gasteiger partial charge in [0.05, 0.1) is 62.2 Å². The lowest BCUT2D eigenvalue weighted by molar-refractivity contribution is -0.129. The molecule has 0 N–H and O–H groups in total. The second-order valence-corrected chi connectivity index (χ2v) is 29.7. The predicted octanol–water partition coefficient (Wildman–Crippen LogP) is 16.2. The van der Waals surface area contributed by atoms with Crippen LogP contribution in [0.5, 0.6) is 17.2 Å². The lowest BCUT2D eigenvalue weighted by Gasteiger charge is -2.25. The van der Waals surface area contributed by atoms with E-state index in [-0.39, 0.29) is 95.7 Å². The van der Waals surface area contributed by atoms with E-state index < -0.39 is 6.04 Å². The van der Waals surface area contributed by atoms with E-state index in [0.29, 0.717) is 106 Å². The molecule has 6 aromatic carbocycles. The Morgan fingerprint density at radius 2 is 1.02 bits per heavy atom. The first-order valence-corrected chi connectivity index (χ1v) is 39.6. The molecular weight excluding hydrogens is 1410 g/mol. The van der Waals surface area contributed by atoms with Gasteiger partial charge in [-0.25, -0.2) is 0 Å². The summed E-state index contributed by atoms with van der Waals surface area (Å²) in [5.41, 5.74) is 12.3. The van der Waals surface area contributed by atoms with Gasteiger partial charge < -0.3 is 43.3 Å². The van der Waals surface area contributed by atoms with Crippen molar-refractivity contribution in [2.45, 2.75) is 226 Å². The maximum Gasteiger partial charge on any atom is 0.255 e. The number of carbonyl (C=O) groups excluding carboxylic acids is 10. The minimum Gasteiger partial charge on any atom is -0.489 e. The van der Waals surface area contributed by atoms with E-state index in [9.17, 15) is 47.9 Å². The number of aldehydes is 1. The van der Waals surface area contributed by atoms with Crippen molar-refractivity contribution >= 4 is 70.4 Å².